The Kier molecular flexibility index (Phi) is 3.29. The molecule has 0 radical (unpaired) electrons. The third kappa shape index (κ3) is 2.11. The van der Waals surface area contributed by atoms with Crippen molar-refractivity contribution in [2.24, 2.45) is 0 Å². The maximum atomic E-state index is 5.30. The summed E-state index contributed by atoms with van der Waals surface area (Å²) in [6.45, 7) is 5.15. The summed E-state index contributed by atoms with van der Waals surface area (Å²) in [5.74, 6) is 0.929. The van der Waals surface area contributed by atoms with E-state index >= 15 is 0 Å². The van der Waals surface area contributed by atoms with E-state index in [1.54, 1.807) is 18.4 Å². The molecule has 0 saturated heterocycles. The number of aromatic nitrogens is 1. The van der Waals surface area contributed by atoms with Gasteiger partial charge in [0.05, 0.1) is 17.3 Å². The van der Waals surface area contributed by atoms with Gasteiger partial charge in [0.25, 0.3) is 0 Å². The van der Waals surface area contributed by atoms with Crippen LogP contribution in [-0.2, 0) is 0 Å². The van der Waals surface area contributed by atoms with Crippen molar-refractivity contribution in [3.63, 3.8) is 0 Å². The van der Waals surface area contributed by atoms with Gasteiger partial charge in [0.15, 0.2) is 5.13 Å². The lowest BCUT2D eigenvalue weighted by Crippen LogP contribution is -1.98. The predicted molar refractivity (Wildman–Crippen MR) is 69.7 cm³/mol. The van der Waals surface area contributed by atoms with Crippen molar-refractivity contribution in [2.45, 2.75) is 20.3 Å². The van der Waals surface area contributed by atoms with Crippen LogP contribution in [0.2, 0.25) is 0 Å². The minimum absolute atomic E-state index is 0.929. The molecule has 0 bridgehead atoms. The monoisotopic (exact) mass is 236 g/mol. The number of aryl methyl sites for hydroxylation is 1. The maximum absolute atomic E-state index is 5.30. The molecule has 1 N–H and O–H groups in total. The minimum atomic E-state index is 0.929. The first-order chi connectivity index (χ1) is 7.74. The van der Waals surface area contributed by atoms with Crippen LogP contribution in [0.4, 0.5) is 5.13 Å². The second-order valence-corrected chi connectivity index (χ2v) is 4.77. The van der Waals surface area contributed by atoms with E-state index in [1.807, 2.05) is 6.92 Å². The Morgan fingerprint density at radius 2 is 2.25 bits per heavy atom. The fourth-order valence-electron chi connectivity index (χ4n) is 1.59. The molecule has 0 atom stereocenters. The van der Waals surface area contributed by atoms with Gasteiger partial charge in [0, 0.05) is 6.54 Å². The Bertz CT molecular complexity index is 493. The lowest BCUT2D eigenvalue weighted by atomic mass is 10.2. The number of fused-ring (bicyclic) bond motifs is 1. The van der Waals surface area contributed by atoms with Crippen molar-refractivity contribution < 1.29 is 4.74 Å². The van der Waals surface area contributed by atoms with Crippen molar-refractivity contribution in [3.8, 4) is 5.75 Å². The number of methoxy groups -OCH3 is 1. The summed E-state index contributed by atoms with van der Waals surface area (Å²) in [4.78, 5) is 4.54. The molecule has 86 valence electrons. The van der Waals surface area contributed by atoms with Gasteiger partial charge in [-0.2, -0.15) is 0 Å². The van der Waals surface area contributed by atoms with Gasteiger partial charge in [-0.15, -0.1) is 0 Å². The number of anilines is 1. The van der Waals surface area contributed by atoms with E-state index in [4.69, 9.17) is 4.74 Å². The zero-order valence-electron chi connectivity index (χ0n) is 9.83. The number of thiazole rings is 1. The van der Waals surface area contributed by atoms with Crippen LogP contribution >= 0.6 is 11.3 Å². The number of ether oxygens (including phenoxy) is 1. The molecule has 3 nitrogen and oxygen atoms in total. The van der Waals surface area contributed by atoms with Crippen molar-refractivity contribution in [1.82, 2.24) is 4.98 Å². The fraction of sp³-hybridized carbons (Fsp3) is 0.417. The minimum Gasteiger partial charge on any atom is -0.496 e. The van der Waals surface area contributed by atoms with Gasteiger partial charge >= 0.3 is 0 Å². The molecule has 0 aliphatic heterocycles. The molecule has 0 fully saturated rings. The van der Waals surface area contributed by atoms with E-state index in [2.05, 4.69) is 29.4 Å². The molecule has 16 heavy (non-hydrogen) atoms. The summed E-state index contributed by atoms with van der Waals surface area (Å²) in [6.07, 6.45) is 1.11. The van der Waals surface area contributed by atoms with Gasteiger partial charge in [-0.3, -0.25) is 0 Å². The number of hydrogen-bond donors (Lipinski definition) is 1. The highest BCUT2D eigenvalue weighted by Crippen LogP contribution is 2.31. The highest BCUT2D eigenvalue weighted by atomic mass is 32.1. The molecule has 2 aromatic rings. The van der Waals surface area contributed by atoms with Crippen molar-refractivity contribution in [1.29, 1.82) is 0 Å². The lowest BCUT2D eigenvalue weighted by molar-refractivity contribution is 0.412. The predicted octanol–water partition coefficient (Wildman–Crippen LogP) is 3.44. The van der Waals surface area contributed by atoms with E-state index < -0.39 is 0 Å². The molecule has 4 heteroatoms. The summed E-state index contributed by atoms with van der Waals surface area (Å²) < 4.78 is 6.47. The van der Waals surface area contributed by atoms with Crippen LogP contribution in [-0.4, -0.2) is 18.6 Å². The average Bonchev–Trinajstić information content (AvgIpc) is 2.66. The first-order valence-corrected chi connectivity index (χ1v) is 6.25. The van der Waals surface area contributed by atoms with Gasteiger partial charge < -0.3 is 10.1 Å². The molecular weight excluding hydrogens is 220 g/mol. The van der Waals surface area contributed by atoms with Crippen LogP contribution in [0, 0.1) is 6.92 Å². The van der Waals surface area contributed by atoms with E-state index in [1.165, 1.54) is 4.70 Å². The SMILES string of the molecule is CCCNc1nc2cc(C)c(OC)cc2s1. The molecule has 0 unspecified atom stereocenters. The van der Waals surface area contributed by atoms with Gasteiger partial charge in [-0.25, -0.2) is 4.98 Å². The lowest BCUT2D eigenvalue weighted by Gasteiger charge is -2.02. The normalized spacial score (nSPS) is 10.7. The Morgan fingerprint density at radius 1 is 1.44 bits per heavy atom. The largest absolute Gasteiger partial charge is 0.496 e. The van der Waals surface area contributed by atoms with Gasteiger partial charge in [-0.1, -0.05) is 18.3 Å². The summed E-state index contributed by atoms with van der Waals surface area (Å²) in [6, 6.07) is 4.13. The standard InChI is InChI=1S/C12H16N2OS/c1-4-5-13-12-14-9-6-8(2)10(15-3)7-11(9)16-12/h6-7H,4-5H2,1-3H3,(H,13,14). The van der Waals surface area contributed by atoms with E-state index in [0.717, 1.165) is 34.9 Å². The molecule has 0 spiro atoms. The Hall–Kier alpha value is -1.29. The number of hydrogen-bond acceptors (Lipinski definition) is 4. The Morgan fingerprint density at radius 3 is 2.94 bits per heavy atom. The number of rotatable bonds is 4. The van der Waals surface area contributed by atoms with Crippen LogP contribution in [0.1, 0.15) is 18.9 Å². The summed E-state index contributed by atoms with van der Waals surface area (Å²) in [5, 5.41) is 4.30. The van der Waals surface area contributed by atoms with Gasteiger partial charge in [0.2, 0.25) is 0 Å². The molecule has 1 aromatic heterocycles. The fourth-order valence-corrected chi connectivity index (χ4v) is 2.49. The van der Waals surface area contributed by atoms with Crippen LogP contribution in [0.15, 0.2) is 12.1 Å². The van der Waals surface area contributed by atoms with Crippen LogP contribution in [0.25, 0.3) is 10.2 Å². The van der Waals surface area contributed by atoms with Gasteiger partial charge in [-0.05, 0) is 31.0 Å². The summed E-state index contributed by atoms with van der Waals surface area (Å²) in [7, 11) is 1.70. The summed E-state index contributed by atoms with van der Waals surface area (Å²) in [5.41, 5.74) is 2.17. The molecule has 1 aromatic carbocycles. The number of nitrogens with zero attached hydrogens (tertiary/aromatic N) is 1. The highest BCUT2D eigenvalue weighted by molar-refractivity contribution is 7.22. The first kappa shape index (κ1) is 11.2. The molecule has 2 rings (SSSR count). The summed E-state index contributed by atoms with van der Waals surface area (Å²) >= 11 is 1.67. The highest BCUT2D eigenvalue weighted by Gasteiger charge is 2.07. The smallest absolute Gasteiger partial charge is 0.183 e. The molecule has 0 aliphatic carbocycles. The van der Waals surface area contributed by atoms with Gasteiger partial charge in [0.1, 0.15) is 5.75 Å². The zero-order chi connectivity index (χ0) is 11.5. The van der Waals surface area contributed by atoms with Crippen molar-refractivity contribution in [3.05, 3.63) is 17.7 Å². The van der Waals surface area contributed by atoms with Crippen LogP contribution < -0.4 is 10.1 Å². The first-order valence-electron chi connectivity index (χ1n) is 5.43. The zero-order valence-corrected chi connectivity index (χ0v) is 10.6. The second-order valence-electron chi connectivity index (χ2n) is 3.74. The van der Waals surface area contributed by atoms with E-state index in [0.29, 0.717) is 0 Å². The third-order valence-corrected chi connectivity index (χ3v) is 3.41. The number of benzene rings is 1. The molecule has 0 aliphatic rings. The Labute approximate surface area is 99.5 Å². The third-order valence-electron chi connectivity index (χ3n) is 2.43. The van der Waals surface area contributed by atoms with Crippen LogP contribution in [0.3, 0.4) is 0 Å². The second kappa shape index (κ2) is 4.70. The van der Waals surface area contributed by atoms with Crippen molar-refractivity contribution >= 4 is 26.7 Å². The topological polar surface area (TPSA) is 34.2 Å². The number of nitrogens with one attached hydrogen (secondary N) is 1. The van der Waals surface area contributed by atoms with E-state index in [-0.39, 0.29) is 0 Å². The quantitative estimate of drug-likeness (QED) is 0.883. The van der Waals surface area contributed by atoms with E-state index in [9.17, 15) is 0 Å². The molecule has 0 saturated carbocycles. The molecule has 1 heterocycles. The van der Waals surface area contributed by atoms with Crippen LogP contribution in [0.5, 0.6) is 5.75 Å². The maximum Gasteiger partial charge on any atom is 0.183 e. The molecular formula is C12H16N2OS. The average molecular weight is 236 g/mol. The van der Waals surface area contributed by atoms with Crippen molar-refractivity contribution in [2.75, 3.05) is 19.0 Å². The molecule has 0 amide bonds. The Balaban J connectivity index is 2.37.